The first-order chi connectivity index (χ1) is 27.2. The average molecular weight is 717 g/mol. The zero-order valence-corrected chi connectivity index (χ0v) is 30.6. The summed E-state index contributed by atoms with van der Waals surface area (Å²) in [5.74, 6) is 0. The van der Waals surface area contributed by atoms with Crippen molar-refractivity contribution < 1.29 is 0 Å². The van der Waals surface area contributed by atoms with Crippen molar-refractivity contribution in [3.63, 3.8) is 0 Å². The van der Waals surface area contributed by atoms with Gasteiger partial charge in [-0.2, -0.15) is 0 Å². The Bertz CT molecular complexity index is 3190. The molecule has 0 saturated carbocycles. The van der Waals surface area contributed by atoms with Gasteiger partial charge < -0.3 is 0 Å². The van der Waals surface area contributed by atoms with Crippen LogP contribution in [0, 0.1) is 0 Å². The maximum absolute atomic E-state index is 5.20. The summed E-state index contributed by atoms with van der Waals surface area (Å²) < 4.78 is 2.62. The summed E-state index contributed by atoms with van der Waals surface area (Å²) in [4.78, 5) is 10.2. The first-order valence-corrected chi connectivity index (χ1v) is 19.5. The highest BCUT2D eigenvalue weighted by atomic mass is 32.1. The van der Waals surface area contributed by atoms with E-state index in [0.717, 1.165) is 33.1 Å². The van der Waals surface area contributed by atoms with Crippen LogP contribution in [0.4, 0.5) is 0 Å². The van der Waals surface area contributed by atoms with Crippen molar-refractivity contribution in [2.45, 2.75) is 0 Å². The van der Waals surface area contributed by atoms with E-state index >= 15 is 0 Å². The van der Waals surface area contributed by atoms with Crippen molar-refractivity contribution in [3.05, 3.63) is 194 Å². The summed E-state index contributed by atoms with van der Waals surface area (Å²) in [6.45, 7) is 0. The third-order valence-electron chi connectivity index (χ3n) is 10.9. The van der Waals surface area contributed by atoms with Crippen LogP contribution in [-0.4, -0.2) is 9.97 Å². The van der Waals surface area contributed by atoms with E-state index in [0.29, 0.717) is 0 Å². The fraction of sp³-hybridized carbons (Fsp3) is 0. The molecular formula is C52H32N2S. The van der Waals surface area contributed by atoms with E-state index in [1.54, 1.807) is 0 Å². The summed E-state index contributed by atoms with van der Waals surface area (Å²) in [5.41, 5.74) is 13.5. The van der Waals surface area contributed by atoms with Gasteiger partial charge in [-0.25, -0.2) is 4.98 Å². The summed E-state index contributed by atoms with van der Waals surface area (Å²) in [5, 5.41) is 7.26. The van der Waals surface area contributed by atoms with Crippen molar-refractivity contribution in [1.29, 1.82) is 0 Å². The molecule has 11 aromatic rings. The highest BCUT2D eigenvalue weighted by molar-refractivity contribution is 7.26. The van der Waals surface area contributed by atoms with E-state index in [1.807, 2.05) is 17.5 Å². The third kappa shape index (κ3) is 5.40. The average Bonchev–Trinajstić information content (AvgIpc) is 3.65. The standard InChI is InChI=1S/C52H32N2S/c1-3-11-33(12-4-1)39-27-28-49-46(29-39)47-31-40(34-13-5-2-6-14-34)30-45(52(47)55-49)37-23-19-35(20-24-37)36-21-25-38(26-22-36)48-32-53-50-43-17-9-7-15-41(43)42-16-8-10-18-44(42)51(50)54-48/h1-32H. The second-order valence-electron chi connectivity index (χ2n) is 14.1. The van der Waals surface area contributed by atoms with Crippen LogP contribution in [-0.2, 0) is 0 Å². The molecule has 0 aliphatic heterocycles. The Kier molecular flexibility index (Phi) is 7.39. The van der Waals surface area contributed by atoms with Gasteiger partial charge in [0.15, 0.2) is 0 Å². The fourth-order valence-corrected chi connectivity index (χ4v) is 9.34. The van der Waals surface area contributed by atoms with Crippen molar-refractivity contribution in [1.82, 2.24) is 9.97 Å². The molecule has 2 nitrogen and oxygen atoms in total. The zero-order valence-electron chi connectivity index (χ0n) is 29.8. The van der Waals surface area contributed by atoms with Gasteiger partial charge >= 0.3 is 0 Å². The molecule has 0 unspecified atom stereocenters. The molecule has 0 spiro atoms. The Labute approximate surface area is 322 Å². The van der Waals surface area contributed by atoms with Crippen LogP contribution in [0.5, 0.6) is 0 Å². The molecular weight excluding hydrogens is 685 g/mol. The minimum absolute atomic E-state index is 0.872. The summed E-state index contributed by atoms with van der Waals surface area (Å²) in [6.07, 6.45) is 1.91. The molecule has 0 saturated heterocycles. The smallest absolute Gasteiger partial charge is 0.0979 e. The molecule has 0 aliphatic carbocycles. The van der Waals surface area contributed by atoms with Gasteiger partial charge in [0.1, 0.15) is 0 Å². The number of rotatable bonds is 5. The number of aromatic nitrogens is 2. The maximum atomic E-state index is 5.20. The third-order valence-corrected chi connectivity index (χ3v) is 12.1. The largest absolute Gasteiger partial charge is 0.252 e. The maximum Gasteiger partial charge on any atom is 0.0979 e. The summed E-state index contributed by atoms with van der Waals surface area (Å²) in [7, 11) is 0. The van der Waals surface area contributed by atoms with Crippen molar-refractivity contribution in [3.8, 4) is 55.8 Å². The summed E-state index contributed by atoms with van der Waals surface area (Å²) in [6, 6.07) is 67.8. The monoisotopic (exact) mass is 716 g/mol. The lowest BCUT2D eigenvalue weighted by molar-refractivity contribution is 1.31. The summed E-state index contributed by atoms with van der Waals surface area (Å²) >= 11 is 1.88. The lowest BCUT2D eigenvalue weighted by Crippen LogP contribution is -1.92. The Morgan fingerprint density at radius 3 is 1.47 bits per heavy atom. The van der Waals surface area contributed by atoms with E-state index in [2.05, 4.69) is 188 Å². The van der Waals surface area contributed by atoms with Gasteiger partial charge in [-0.05, 0) is 74.0 Å². The second-order valence-corrected chi connectivity index (χ2v) is 15.2. The number of hydrogen-bond acceptors (Lipinski definition) is 3. The fourth-order valence-electron chi connectivity index (χ4n) is 8.14. The van der Waals surface area contributed by atoms with Crippen molar-refractivity contribution >= 4 is 64.1 Å². The topological polar surface area (TPSA) is 25.8 Å². The normalized spacial score (nSPS) is 11.6. The number of hydrogen-bond donors (Lipinski definition) is 0. The van der Waals surface area contributed by atoms with E-state index in [9.17, 15) is 0 Å². The first-order valence-electron chi connectivity index (χ1n) is 18.6. The van der Waals surface area contributed by atoms with E-state index in [4.69, 9.17) is 9.97 Å². The van der Waals surface area contributed by atoms with Crippen LogP contribution in [0.3, 0.4) is 0 Å². The molecule has 55 heavy (non-hydrogen) atoms. The molecule has 2 aromatic heterocycles. The lowest BCUT2D eigenvalue weighted by Gasteiger charge is -2.11. The zero-order chi connectivity index (χ0) is 36.3. The van der Waals surface area contributed by atoms with E-state index in [-0.39, 0.29) is 0 Å². The molecule has 0 N–H and O–H groups in total. The molecule has 3 heteroatoms. The second kappa shape index (κ2) is 12.9. The molecule has 0 atom stereocenters. The molecule has 0 aliphatic rings. The van der Waals surface area contributed by atoms with Crippen molar-refractivity contribution in [2.24, 2.45) is 0 Å². The minimum atomic E-state index is 0.872. The molecule has 0 bridgehead atoms. The van der Waals surface area contributed by atoms with Gasteiger partial charge in [-0.15, -0.1) is 11.3 Å². The van der Waals surface area contributed by atoms with Gasteiger partial charge in [0.05, 0.1) is 22.9 Å². The Morgan fingerprint density at radius 2 is 0.818 bits per heavy atom. The quantitative estimate of drug-likeness (QED) is 0.166. The van der Waals surface area contributed by atoms with Crippen molar-refractivity contribution in [2.75, 3.05) is 0 Å². The Morgan fingerprint density at radius 1 is 0.327 bits per heavy atom. The van der Waals surface area contributed by atoms with E-state index < -0.39 is 0 Å². The van der Waals surface area contributed by atoms with Gasteiger partial charge in [0.2, 0.25) is 0 Å². The molecule has 11 rings (SSSR count). The van der Waals surface area contributed by atoms with Gasteiger partial charge in [0, 0.05) is 42.1 Å². The molecule has 0 amide bonds. The van der Waals surface area contributed by atoms with Crippen LogP contribution in [0.15, 0.2) is 194 Å². The Balaban J connectivity index is 0.965. The van der Waals surface area contributed by atoms with Crippen LogP contribution >= 0.6 is 11.3 Å². The predicted octanol–water partition coefficient (Wildman–Crippen LogP) is 14.6. The Hall–Kier alpha value is -6.94. The number of nitrogens with zero attached hydrogens (tertiary/aromatic N) is 2. The number of fused-ring (bicyclic) bond motifs is 9. The molecule has 0 radical (unpaired) electrons. The first kappa shape index (κ1) is 31.6. The molecule has 9 aromatic carbocycles. The number of benzene rings is 9. The molecule has 2 heterocycles. The van der Waals surface area contributed by atoms with Crippen LogP contribution in [0.1, 0.15) is 0 Å². The van der Waals surface area contributed by atoms with Gasteiger partial charge in [-0.1, -0.05) is 164 Å². The van der Waals surface area contributed by atoms with E-state index in [1.165, 1.54) is 75.5 Å². The number of thiophene rings is 1. The SMILES string of the molecule is c1ccc(-c2ccc3sc4c(-c5ccc(-c6ccc(-c7cnc8c9ccccc9c9ccccc9c8n7)cc6)cc5)cc(-c5ccccc5)cc4c3c2)cc1. The predicted molar refractivity (Wildman–Crippen MR) is 235 cm³/mol. The highest BCUT2D eigenvalue weighted by Gasteiger charge is 2.16. The molecule has 256 valence electrons. The highest BCUT2D eigenvalue weighted by Crippen LogP contribution is 2.44. The van der Waals surface area contributed by atoms with Crippen LogP contribution in [0.25, 0.3) is 109 Å². The molecule has 0 fully saturated rings. The minimum Gasteiger partial charge on any atom is -0.252 e. The van der Waals surface area contributed by atoms with Gasteiger partial charge in [0.25, 0.3) is 0 Å². The lowest BCUT2D eigenvalue weighted by atomic mass is 9.94. The van der Waals surface area contributed by atoms with Gasteiger partial charge in [-0.3, -0.25) is 4.98 Å². The van der Waals surface area contributed by atoms with Crippen LogP contribution in [0.2, 0.25) is 0 Å². The van der Waals surface area contributed by atoms with Crippen LogP contribution < -0.4 is 0 Å².